The summed E-state index contributed by atoms with van der Waals surface area (Å²) in [5, 5.41) is 9.49. The van der Waals surface area contributed by atoms with Crippen molar-refractivity contribution in [3.05, 3.63) is 65.2 Å². The first kappa shape index (κ1) is 21.8. The van der Waals surface area contributed by atoms with Gasteiger partial charge in [-0.3, -0.25) is 4.79 Å². The Bertz CT molecular complexity index is 1150. The second-order valence-corrected chi connectivity index (χ2v) is 8.31. The Morgan fingerprint density at radius 3 is 2.34 bits per heavy atom. The lowest BCUT2D eigenvalue weighted by atomic mass is 9.76. The van der Waals surface area contributed by atoms with E-state index in [1.807, 2.05) is 29.2 Å². The van der Waals surface area contributed by atoms with E-state index in [1.165, 1.54) is 18.2 Å². The average molecular weight is 456 g/mol. The van der Waals surface area contributed by atoms with E-state index in [2.05, 4.69) is 0 Å². The zero-order valence-corrected chi connectivity index (χ0v) is 17.7. The maximum Gasteiger partial charge on any atom is 0.417 e. The van der Waals surface area contributed by atoms with Crippen LogP contribution in [0.5, 0.6) is 0 Å². The molecule has 32 heavy (non-hydrogen) atoms. The van der Waals surface area contributed by atoms with Gasteiger partial charge in [0.15, 0.2) is 5.11 Å². The molecule has 1 amide bonds. The molecule has 4 rings (SSSR count). The summed E-state index contributed by atoms with van der Waals surface area (Å²) >= 11 is 5.72. The Morgan fingerprint density at radius 2 is 1.81 bits per heavy atom. The third-order valence-electron chi connectivity index (χ3n) is 5.97. The third kappa shape index (κ3) is 3.82. The Hall–Kier alpha value is -3.38. The Labute approximate surface area is 188 Å². The third-order valence-corrected chi connectivity index (χ3v) is 6.37. The molecule has 1 saturated carbocycles. The predicted octanol–water partition coefficient (Wildman–Crippen LogP) is 4.61. The summed E-state index contributed by atoms with van der Waals surface area (Å²) in [6.07, 6.45) is 0.992. The summed E-state index contributed by atoms with van der Waals surface area (Å²) in [6.45, 7) is 0.471. The van der Waals surface area contributed by atoms with Crippen LogP contribution in [-0.4, -0.2) is 23.1 Å². The molecule has 5 nitrogen and oxygen atoms in total. The molecule has 1 spiro atoms. The first-order valence-electron chi connectivity index (χ1n) is 9.95. The standard InChI is InChI=1S/C23H19F3N4OS/c24-23(25,26)19-12-18(8-5-16(19)13-27)29-14-22(10-1-11-22)30(21(29)32)17-6-2-15(3-7-17)4-9-20(28)31/h2-9,12H,1,10-11,14H2,(H2,28,31)/b9-4+. The minimum atomic E-state index is -4.63. The van der Waals surface area contributed by atoms with Gasteiger partial charge < -0.3 is 15.5 Å². The highest BCUT2D eigenvalue weighted by Crippen LogP contribution is 2.47. The van der Waals surface area contributed by atoms with Crippen molar-refractivity contribution in [3.8, 4) is 6.07 Å². The quantitative estimate of drug-likeness (QED) is 0.537. The van der Waals surface area contributed by atoms with Crippen LogP contribution in [0.25, 0.3) is 6.08 Å². The molecule has 2 aliphatic rings. The monoisotopic (exact) mass is 456 g/mol. The lowest BCUT2D eigenvalue weighted by Crippen LogP contribution is -2.52. The fourth-order valence-corrected chi connectivity index (χ4v) is 4.72. The van der Waals surface area contributed by atoms with Crippen LogP contribution in [0.15, 0.2) is 48.5 Å². The van der Waals surface area contributed by atoms with E-state index in [0.29, 0.717) is 17.3 Å². The molecule has 2 aromatic carbocycles. The summed E-state index contributed by atoms with van der Waals surface area (Å²) in [6, 6.07) is 12.7. The number of carbonyl (C=O) groups is 1. The van der Waals surface area contributed by atoms with Crippen molar-refractivity contribution in [1.29, 1.82) is 5.26 Å². The van der Waals surface area contributed by atoms with Crippen molar-refractivity contribution in [2.45, 2.75) is 31.0 Å². The lowest BCUT2D eigenvalue weighted by molar-refractivity contribution is -0.137. The highest BCUT2D eigenvalue weighted by molar-refractivity contribution is 7.80. The minimum Gasteiger partial charge on any atom is -0.366 e. The molecule has 0 atom stereocenters. The van der Waals surface area contributed by atoms with Gasteiger partial charge in [-0.25, -0.2) is 0 Å². The van der Waals surface area contributed by atoms with Crippen LogP contribution < -0.4 is 15.5 Å². The van der Waals surface area contributed by atoms with Gasteiger partial charge in [-0.2, -0.15) is 18.4 Å². The number of rotatable bonds is 4. The number of primary amides is 1. The number of nitrogens with zero attached hydrogens (tertiary/aromatic N) is 3. The van der Waals surface area contributed by atoms with Gasteiger partial charge in [0.2, 0.25) is 5.91 Å². The molecular formula is C23H19F3N4OS. The van der Waals surface area contributed by atoms with E-state index in [0.717, 1.165) is 36.6 Å². The van der Waals surface area contributed by atoms with Gasteiger partial charge >= 0.3 is 6.18 Å². The number of benzene rings is 2. The van der Waals surface area contributed by atoms with E-state index >= 15 is 0 Å². The van der Waals surface area contributed by atoms with E-state index in [1.54, 1.807) is 17.0 Å². The van der Waals surface area contributed by atoms with Crippen molar-refractivity contribution in [2.24, 2.45) is 5.73 Å². The largest absolute Gasteiger partial charge is 0.417 e. The van der Waals surface area contributed by atoms with Gasteiger partial charge in [0, 0.05) is 24.0 Å². The van der Waals surface area contributed by atoms with Crippen molar-refractivity contribution in [3.63, 3.8) is 0 Å². The summed E-state index contributed by atoms with van der Waals surface area (Å²) in [5.41, 5.74) is 5.40. The lowest BCUT2D eigenvalue weighted by Gasteiger charge is -2.45. The topological polar surface area (TPSA) is 73.4 Å². The van der Waals surface area contributed by atoms with Crippen LogP contribution >= 0.6 is 12.2 Å². The van der Waals surface area contributed by atoms with Crippen LogP contribution in [0.1, 0.15) is 36.0 Å². The predicted molar refractivity (Wildman–Crippen MR) is 120 cm³/mol. The number of halogens is 3. The van der Waals surface area contributed by atoms with E-state index in [9.17, 15) is 18.0 Å². The Morgan fingerprint density at radius 1 is 1.16 bits per heavy atom. The molecule has 0 aromatic heterocycles. The number of hydrogen-bond acceptors (Lipinski definition) is 3. The van der Waals surface area contributed by atoms with Crippen molar-refractivity contribution in [1.82, 2.24) is 0 Å². The number of carbonyl (C=O) groups excluding carboxylic acids is 1. The molecule has 1 aliphatic heterocycles. The molecule has 0 radical (unpaired) electrons. The molecule has 1 aliphatic carbocycles. The van der Waals surface area contributed by atoms with Gasteiger partial charge in [0.25, 0.3) is 0 Å². The van der Waals surface area contributed by atoms with Gasteiger partial charge in [-0.05, 0) is 73.5 Å². The number of nitrogens with two attached hydrogens (primary N) is 1. The molecule has 9 heteroatoms. The molecular weight excluding hydrogens is 437 g/mol. The molecule has 1 saturated heterocycles. The maximum atomic E-state index is 13.5. The van der Waals surface area contributed by atoms with Crippen LogP contribution in [0.2, 0.25) is 0 Å². The summed E-state index contributed by atoms with van der Waals surface area (Å²) in [7, 11) is 0. The zero-order chi connectivity index (χ0) is 23.1. The molecule has 0 unspecified atom stereocenters. The Balaban J connectivity index is 1.68. The van der Waals surface area contributed by atoms with Gasteiger partial charge in [0.05, 0.1) is 22.7 Å². The molecule has 2 aromatic rings. The van der Waals surface area contributed by atoms with Gasteiger partial charge in [0.1, 0.15) is 0 Å². The highest BCUT2D eigenvalue weighted by Gasteiger charge is 2.52. The first-order valence-corrected chi connectivity index (χ1v) is 10.4. The number of hydrogen-bond donors (Lipinski definition) is 1. The normalized spacial score (nSPS) is 17.6. The SMILES string of the molecule is N#Cc1ccc(N2CC3(CCC3)N(c3ccc(/C=C/C(N)=O)cc3)C2=S)cc1C(F)(F)F. The van der Waals surface area contributed by atoms with E-state index in [-0.39, 0.29) is 5.54 Å². The second kappa shape index (κ2) is 7.95. The van der Waals surface area contributed by atoms with E-state index < -0.39 is 23.2 Å². The van der Waals surface area contributed by atoms with Crippen LogP contribution in [0, 0.1) is 11.3 Å². The zero-order valence-electron chi connectivity index (χ0n) is 16.9. The number of nitriles is 1. The molecule has 2 fully saturated rings. The van der Waals surface area contributed by atoms with Crippen LogP contribution in [-0.2, 0) is 11.0 Å². The molecule has 1 heterocycles. The first-order chi connectivity index (χ1) is 15.1. The number of alkyl halides is 3. The number of amides is 1. The fourth-order valence-electron chi connectivity index (χ4n) is 4.25. The molecule has 164 valence electrons. The molecule has 2 N–H and O–H groups in total. The second-order valence-electron chi connectivity index (χ2n) is 7.95. The van der Waals surface area contributed by atoms with Gasteiger partial charge in [-0.1, -0.05) is 12.1 Å². The fraction of sp³-hybridized carbons (Fsp3) is 0.261. The Kier molecular flexibility index (Phi) is 5.42. The van der Waals surface area contributed by atoms with Crippen LogP contribution in [0.4, 0.5) is 24.5 Å². The average Bonchev–Trinajstić information content (AvgIpc) is 3.05. The number of thiocarbonyl (C=S) groups is 1. The van der Waals surface area contributed by atoms with Crippen molar-refractivity contribution < 1.29 is 18.0 Å². The maximum absolute atomic E-state index is 13.5. The summed E-state index contributed by atoms with van der Waals surface area (Å²) < 4.78 is 40.4. The highest BCUT2D eigenvalue weighted by atomic mass is 32.1. The number of anilines is 2. The van der Waals surface area contributed by atoms with Crippen molar-refractivity contribution >= 4 is 40.7 Å². The summed E-state index contributed by atoms with van der Waals surface area (Å²) in [5.74, 6) is -0.542. The minimum absolute atomic E-state index is 0.284. The molecule has 0 bridgehead atoms. The van der Waals surface area contributed by atoms with Crippen LogP contribution in [0.3, 0.4) is 0 Å². The summed E-state index contributed by atoms with van der Waals surface area (Å²) in [4.78, 5) is 14.7. The van der Waals surface area contributed by atoms with Gasteiger partial charge in [-0.15, -0.1) is 0 Å². The van der Waals surface area contributed by atoms with E-state index in [4.69, 9.17) is 23.2 Å². The smallest absolute Gasteiger partial charge is 0.366 e. The van der Waals surface area contributed by atoms with Crippen molar-refractivity contribution in [2.75, 3.05) is 16.3 Å².